The number of hydrogen-bond acceptors (Lipinski definition) is 5. The molecule has 1 amide bonds. The quantitative estimate of drug-likeness (QED) is 0.843. The van der Waals surface area contributed by atoms with Gasteiger partial charge < -0.3 is 14.7 Å². The minimum Gasteiger partial charge on any atom is -0.478 e. The molecular formula is C22H25N3O4. The Labute approximate surface area is 170 Å². The molecule has 1 aromatic heterocycles. The topological polar surface area (TPSA) is 83.0 Å². The van der Waals surface area contributed by atoms with Gasteiger partial charge in [-0.15, -0.1) is 0 Å². The number of carbonyl (C=O) groups is 2. The van der Waals surface area contributed by atoms with E-state index in [2.05, 4.69) is 11.6 Å². The van der Waals surface area contributed by atoms with Gasteiger partial charge in [-0.2, -0.15) is 0 Å². The van der Waals surface area contributed by atoms with Crippen LogP contribution in [0.1, 0.15) is 48.9 Å². The summed E-state index contributed by atoms with van der Waals surface area (Å²) in [5.74, 6) is 0.376. The van der Waals surface area contributed by atoms with Crippen molar-refractivity contribution in [1.82, 2.24) is 9.88 Å². The van der Waals surface area contributed by atoms with E-state index in [-0.39, 0.29) is 11.5 Å². The van der Waals surface area contributed by atoms with E-state index in [1.54, 1.807) is 18.3 Å². The highest BCUT2D eigenvalue weighted by Gasteiger charge is 2.28. The fraction of sp³-hybridized carbons (Fsp3) is 0.409. The molecule has 152 valence electrons. The average molecular weight is 395 g/mol. The standard InChI is InChI=1S/C22H25N3O4/c1-15-8-9-17(6-5-7-18(15)22(27)28)25-14-29-19-12-16(13-23-20(19)25)21(26)24-10-3-2-4-11-24/h6-7,12-13H,1-5,8-11,14H2,(H,27,28)/b17-6+,18-7+. The second-order valence-corrected chi connectivity index (χ2v) is 7.56. The van der Waals surface area contributed by atoms with Crippen LogP contribution < -0.4 is 9.64 Å². The molecule has 1 fully saturated rings. The normalized spacial score (nSPS) is 23.1. The Morgan fingerprint density at radius 1 is 1.14 bits per heavy atom. The van der Waals surface area contributed by atoms with Crippen LogP contribution in [0.25, 0.3) is 0 Å². The molecule has 7 heteroatoms. The van der Waals surface area contributed by atoms with Crippen LogP contribution in [-0.2, 0) is 4.79 Å². The summed E-state index contributed by atoms with van der Waals surface area (Å²) < 4.78 is 5.82. The first kappa shape index (κ1) is 19.2. The van der Waals surface area contributed by atoms with Crippen molar-refractivity contribution in [3.8, 4) is 5.75 Å². The highest BCUT2D eigenvalue weighted by atomic mass is 16.5. The lowest BCUT2D eigenvalue weighted by Crippen LogP contribution is -2.35. The number of fused-ring (bicyclic) bond motifs is 1. The number of aliphatic carboxylic acids is 1. The molecule has 29 heavy (non-hydrogen) atoms. The summed E-state index contributed by atoms with van der Waals surface area (Å²) in [5.41, 5.74) is 2.49. The van der Waals surface area contributed by atoms with Crippen LogP contribution >= 0.6 is 0 Å². The van der Waals surface area contributed by atoms with E-state index in [1.165, 1.54) is 6.42 Å². The fourth-order valence-corrected chi connectivity index (χ4v) is 4.01. The van der Waals surface area contributed by atoms with E-state index in [4.69, 9.17) is 4.74 Å². The lowest BCUT2D eigenvalue weighted by Gasteiger charge is -2.26. The van der Waals surface area contributed by atoms with Crippen molar-refractivity contribution in [3.63, 3.8) is 0 Å². The van der Waals surface area contributed by atoms with Gasteiger partial charge in [-0.25, -0.2) is 9.78 Å². The van der Waals surface area contributed by atoms with Gasteiger partial charge in [0, 0.05) is 25.0 Å². The smallest absolute Gasteiger partial charge is 0.335 e. The summed E-state index contributed by atoms with van der Waals surface area (Å²) in [7, 11) is 0. The lowest BCUT2D eigenvalue weighted by molar-refractivity contribution is -0.132. The average Bonchev–Trinajstić information content (AvgIpc) is 3.14. The Morgan fingerprint density at radius 2 is 1.93 bits per heavy atom. The maximum absolute atomic E-state index is 12.7. The summed E-state index contributed by atoms with van der Waals surface area (Å²) in [5, 5.41) is 9.28. The predicted molar refractivity (Wildman–Crippen MR) is 109 cm³/mol. The molecule has 0 saturated carbocycles. The molecule has 0 spiro atoms. The van der Waals surface area contributed by atoms with Crippen LogP contribution in [0.4, 0.5) is 5.82 Å². The summed E-state index contributed by atoms with van der Waals surface area (Å²) in [6.45, 7) is 5.84. The molecule has 0 bridgehead atoms. The van der Waals surface area contributed by atoms with Gasteiger partial charge in [0.1, 0.15) is 0 Å². The Balaban J connectivity index is 1.53. The van der Waals surface area contributed by atoms with Crippen molar-refractivity contribution in [2.45, 2.75) is 38.5 Å². The molecule has 2 aliphatic heterocycles. The van der Waals surface area contributed by atoms with E-state index in [0.717, 1.165) is 31.6 Å². The first-order chi connectivity index (χ1) is 14.0. The maximum Gasteiger partial charge on any atom is 0.335 e. The van der Waals surface area contributed by atoms with Gasteiger partial charge in [-0.3, -0.25) is 9.69 Å². The number of amides is 1. The van der Waals surface area contributed by atoms with Gasteiger partial charge in [0.15, 0.2) is 18.3 Å². The van der Waals surface area contributed by atoms with Crippen LogP contribution in [0.15, 0.2) is 47.8 Å². The molecule has 4 rings (SSSR count). The molecule has 0 aromatic carbocycles. The SMILES string of the molecule is C=C1CC/C(N2COc3cc(C(=O)N4CCCCC4)cnc32)=C\C/C=C\1C(=O)O. The number of pyridine rings is 1. The number of hydrogen-bond donors (Lipinski definition) is 1. The van der Waals surface area contributed by atoms with Crippen LogP contribution in [-0.4, -0.2) is 46.7 Å². The van der Waals surface area contributed by atoms with Crippen molar-refractivity contribution in [2.24, 2.45) is 0 Å². The zero-order valence-electron chi connectivity index (χ0n) is 16.4. The molecule has 3 aliphatic rings. The zero-order chi connectivity index (χ0) is 20.4. The fourth-order valence-electron chi connectivity index (χ4n) is 4.01. The minimum atomic E-state index is -0.936. The van der Waals surface area contributed by atoms with E-state index in [1.807, 2.05) is 15.9 Å². The van der Waals surface area contributed by atoms with Gasteiger partial charge in [0.05, 0.1) is 11.1 Å². The third-order valence-corrected chi connectivity index (χ3v) is 5.64. The number of carbonyl (C=O) groups excluding carboxylic acids is 1. The highest BCUT2D eigenvalue weighted by Crippen LogP contribution is 2.37. The van der Waals surface area contributed by atoms with Gasteiger partial charge in [-0.05, 0) is 50.2 Å². The number of rotatable bonds is 3. The van der Waals surface area contributed by atoms with Gasteiger partial charge in [-0.1, -0.05) is 18.7 Å². The predicted octanol–water partition coefficient (Wildman–Crippen LogP) is 3.50. The van der Waals surface area contributed by atoms with Crippen molar-refractivity contribution >= 4 is 17.7 Å². The Bertz CT molecular complexity index is 913. The molecule has 0 unspecified atom stereocenters. The number of anilines is 1. The highest BCUT2D eigenvalue weighted by molar-refractivity contribution is 5.95. The maximum atomic E-state index is 12.7. The Hall–Kier alpha value is -3.09. The molecule has 7 nitrogen and oxygen atoms in total. The summed E-state index contributed by atoms with van der Waals surface area (Å²) in [6, 6.07) is 1.78. The molecule has 0 radical (unpaired) electrons. The lowest BCUT2D eigenvalue weighted by atomic mass is 9.97. The number of likely N-dealkylation sites (tertiary alicyclic amines) is 1. The molecule has 1 aromatic rings. The van der Waals surface area contributed by atoms with Crippen LogP contribution in [0, 0.1) is 0 Å². The first-order valence-corrected chi connectivity index (χ1v) is 10.0. The second-order valence-electron chi connectivity index (χ2n) is 7.56. The van der Waals surface area contributed by atoms with E-state index < -0.39 is 5.97 Å². The molecule has 1 aliphatic carbocycles. The van der Waals surface area contributed by atoms with Crippen molar-refractivity contribution in [2.75, 3.05) is 24.7 Å². The van der Waals surface area contributed by atoms with Crippen LogP contribution in [0.5, 0.6) is 5.75 Å². The molecule has 1 saturated heterocycles. The van der Waals surface area contributed by atoms with E-state index in [0.29, 0.717) is 48.7 Å². The van der Waals surface area contributed by atoms with Crippen molar-refractivity contribution in [1.29, 1.82) is 0 Å². The number of allylic oxidation sites excluding steroid dienone is 3. The monoisotopic (exact) mass is 395 g/mol. The van der Waals surface area contributed by atoms with Gasteiger partial charge >= 0.3 is 5.97 Å². The summed E-state index contributed by atoms with van der Waals surface area (Å²) in [6.07, 6.45) is 10.3. The minimum absolute atomic E-state index is 0.00913. The molecule has 3 heterocycles. The van der Waals surface area contributed by atoms with Crippen LogP contribution in [0.3, 0.4) is 0 Å². The largest absolute Gasteiger partial charge is 0.478 e. The molecular weight excluding hydrogens is 370 g/mol. The van der Waals surface area contributed by atoms with E-state index in [9.17, 15) is 14.7 Å². The number of carboxylic acid groups (broad SMARTS) is 1. The van der Waals surface area contributed by atoms with Gasteiger partial charge in [0.25, 0.3) is 5.91 Å². The second kappa shape index (κ2) is 8.11. The first-order valence-electron chi connectivity index (χ1n) is 10.0. The molecule has 0 atom stereocenters. The number of aromatic nitrogens is 1. The number of carboxylic acids is 1. The zero-order valence-corrected chi connectivity index (χ0v) is 16.4. The third kappa shape index (κ3) is 3.90. The van der Waals surface area contributed by atoms with Crippen LogP contribution in [0.2, 0.25) is 0 Å². The summed E-state index contributed by atoms with van der Waals surface area (Å²) in [4.78, 5) is 32.4. The molecule has 1 N–H and O–H groups in total. The van der Waals surface area contributed by atoms with Crippen molar-refractivity contribution in [3.05, 3.63) is 53.4 Å². The Morgan fingerprint density at radius 3 is 2.69 bits per heavy atom. The number of nitrogens with zero attached hydrogens (tertiary/aromatic N) is 3. The van der Waals surface area contributed by atoms with Crippen molar-refractivity contribution < 1.29 is 19.4 Å². The van der Waals surface area contributed by atoms with E-state index >= 15 is 0 Å². The summed E-state index contributed by atoms with van der Waals surface area (Å²) >= 11 is 0. The third-order valence-electron chi connectivity index (χ3n) is 5.64. The van der Waals surface area contributed by atoms with Gasteiger partial charge in [0.2, 0.25) is 0 Å². The Kier molecular flexibility index (Phi) is 5.38. The number of piperidine rings is 1. The number of ether oxygens (including phenoxy) is 1.